The van der Waals surface area contributed by atoms with E-state index in [1.165, 1.54) is 0 Å². The van der Waals surface area contributed by atoms with Gasteiger partial charge in [-0.3, -0.25) is 14.5 Å². The number of anilines is 1. The number of nitrogens with zero attached hydrogens (tertiary/aromatic N) is 1. The van der Waals surface area contributed by atoms with E-state index >= 15 is 0 Å². The number of carbonyl (C=O) groups excluding carboxylic acids is 1. The van der Waals surface area contributed by atoms with Crippen LogP contribution in [0.25, 0.3) is 0 Å². The lowest BCUT2D eigenvalue weighted by Gasteiger charge is -2.37. The molecule has 0 aromatic heterocycles. The fourth-order valence-electron chi connectivity index (χ4n) is 2.18. The van der Waals surface area contributed by atoms with Gasteiger partial charge in [-0.25, -0.2) is 0 Å². The van der Waals surface area contributed by atoms with Crippen LogP contribution in [0.1, 0.15) is 6.42 Å². The van der Waals surface area contributed by atoms with Gasteiger partial charge < -0.3 is 10.4 Å². The van der Waals surface area contributed by atoms with Crippen LogP contribution in [0, 0.1) is 5.92 Å². The fraction of sp³-hybridized carbons (Fsp3) is 0.385. The van der Waals surface area contributed by atoms with E-state index in [1.54, 1.807) is 18.2 Å². The first-order chi connectivity index (χ1) is 9.45. The maximum absolute atomic E-state index is 11.8. The van der Waals surface area contributed by atoms with Crippen molar-refractivity contribution in [2.45, 2.75) is 6.42 Å². The molecule has 1 aliphatic heterocycles. The standard InChI is InChI=1S/C13H14Cl2N2O3/c14-9-2-1-3-10(13(9)15)16-11(18)7-17-5-8(6-17)4-12(19)20/h1-3,8H,4-7H2,(H,16,18)(H,19,20). The summed E-state index contributed by atoms with van der Waals surface area (Å²) in [4.78, 5) is 24.2. The summed E-state index contributed by atoms with van der Waals surface area (Å²) >= 11 is 11.8. The smallest absolute Gasteiger partial charge is 0.303 e. The lowest BCUT2D eigenvalue weighted by molar-refractivity contribution is -0.139. The van der Waals surface area contributed by atoms with Crippen LogP contribution in [0.2, 0.25) is 10.0 Å². The summed E-state index contributed by atoms with van der Waals surface area (Å²) in [5.41, 5.74) is 0.478. The Labute approximate surface area is 126 Å². The molecule has 0 unspecified atom stereocenters. The number of nitrogens with one attached hydrogen (secondary N) is 1. The minimum Gasteiger partial charge on any atom is -0.481 e. The van der Waals surface area contributed by atoms with E-state index in [0.29, 0.717) is 28.8 Å². The molecular formula is C13H14Cl2N2O3. The largest absolute Gasteiger partial charge is 0.481 e. The quantitative estimate of drug-likeness (QED) is 0.874. The second-order valence-electron chi connectivity index (χ2n) is 4.81. The van der Waals surface area contributed by atoms with Gasteiger partial charge in [-0.15, -0.1) is 0 Å². The number of rotatable bonds is 5. The van der Waals surface area contributed by atoms with Gasteiger partial charge in [0.15, 0.2) is 0 Å². The number of hydrogen-bond donors (Lipinski definition) is 2. The van der Waals surface area contributed by atoms with Crippen molar-refractivity contribution < 1.29 is 14.7 Å². The Morgan fingerprint density at radius 1 is 1.35 bits per heavy atom. The minimum atomic E-state index is -0.801. The van der Waals surface area contributed by atoms with Crippen LogP contribution < -0.4 is 5.32 Å². The van der Waals surface area contributed by atoms with Crippen molar-refractivity contribution in [3.05, 3.63) is 28.2 Å². The van der Waals surface area contributed by atoms with Crippen molar-refractivity contribution in [2.24, 2.45) is 5.92 Å². The molecule has 0 bridgehead atoms. The molecule has 20 heavy (non-hydrogen) atoms. The van der Waals surface area contributed by atoms with Crippen molar-refractivity contribution in [3.8, 4) is 0 Å². The topological polar surface area (TPSA) is 69.6 Å². The number of aliphatic carboxylic acids is 1. The number of amides is 1. The average Bonchev–Trinajstić information content (AvgIpc) is 2.32. The van der Waals surface area contributed by atoms with E-state index in [9.17, 15) is 9.59 Å². The molecular weight excluding hydrogens is 303 g/mol. The average molecular weight is 317 g/mol. The van der Waals surface area contributed by atoms with E-state index in [1.807, 2.05) is 4.90 Å². The highest BCUT2D eigenvalue weighted by Gasteiger charge is 2.29. The van der Waals surface area contributed by atoms with Crippen LogP contribution in [0.3, 0.4) is 0 Å². The third-order valence-electron chi connectivity index (χ3n) is 3.09. The number of likely N-dealkylation sites (tertiary alicyclic amines) is 1. The third-order valence-corrected chi connectivity index (χ3v) is 3.91. The first kappa shape index (κ1) is 15.1. The van der Waals surface area contributed by atoms with E-state index in [0.717, 1.165) is 0 Å². The number of halogens is 2. The molecule has 7 heteroatoms. The van der Waals surface area contributed by atoms with Crippen LogP contribution >= 0.6 is 23.2 Å². The van der Waals surface area contributed by atoms with Crippen LogP contribution in [-0.4, -0.2) is 41.5 Å². The summed E-state index contributed by atoms with van der Waals surface area (Å²) in [5.74, 6) is -0.859. The zero-order valence-electron chi connectivity index (χ0n) is 10.6. The molecule has 1 heterocycles. The molecule has 1 aliphatic rings. The summed E-state index contributed by atoms with van der Waals surface area (Å²) in [7, 11) is 0. The maximum atomic E-state index is 11.8. The lowest BCUT2D eigenvalue weighted by atomic mass is 9.96. The van der Waals surface area contributed by atoms with E-state index < -0.39 is 5.97 Å². The predicted molar refractivity (Wildman–Crippen MR) is 77.3 cm³/mol. The molecule has 0 radical (unpaired) electrons. The number of carboxylic acids is 1. The molecule has 0 spiro atoms. The van der Waals surface area contributed by atoms with Crippen LogP contribution in [-0.2, 0) is 9.59 Å². The molecule has 1 amide bonds. The van der Waals surface area contributed by atoms with E-state index in [4.69, 9.17) is 28.3 Å². The molecule has 1 aromatic rings. The first-order valence-corrected chi connectivity index (χ1v) is 6.89. The Hall–Kier alpha value is -1.30. The molecule has 2 N–H and O–H groups in total. The SMILES string of the molecule is O=C(O)CC1CN(CC(=O)Nc2cccc(Cl)c2Cl)C1. The fourth-order valence-corrected chi connectivity index (χ4v) is 2.52. The summed E-state index contributed by atoms with van der Waals surface area (Å²) in [6, 6.07) is 5.03. The highest BCUT2D eigenvalue weighted by molar-refractivity contribution is 6.43. The zero-order chi connectivity index (χ0) is 14.7. The molecule has 108 valence electrons. The normalized spacial score (nSPS) is 15.7. The van der Waals surface area contributed by atoms with E-state index in [-0.39, 0.29) is 24.8 Å². The van der Waals surface area contributed by atoms with Gasteiger partial charge in [0.1, 0.15) is 0 Å². The van der Waals surface area contributed by atoms with Gasteiger partial charge in [-0.2, -0.15) is 0 Å². The number of hydrogen-bond acceptors (Lipinski definition) is 3. The van der Waals surface area contributed by atoms with Crippen molar-refractivity contribution in [1.82, 2.24) is 4.90 Å². The molecule has 2 rings (SSSR count). The number of carbonyl (C=O) groups is 2. The Kier molecular flexibility index (Phi) is 4.86. The van der Waals surface area contributed by atoms with Gasteiger partial charge in [0.05, 0.1) is 28.7 Å². The molecule has 0 saturated carbocycles. The van der Waals surface area contributed by atoms with Crippen LogP contribution in [0.5, 0.6) is 0 Å². The van der Waals surface area contributed by atoms with E-state index in [2.05, 4.69) is 5.32 Å². The summed E-state index contributed by atoms with van der Waals surface area (Å²) in [6.07, 6.45) is 0.151. The van der Waals surface area contributed by atoms with Gasteiger partial charge in [-0.05, 0) is 18.1 Å². The summed E-state index contributed by atoms with van der Waals surface area (Å²) in [5, 5.41) is 12.0. The van der Waals surface area contributed by atoms with Crippen molar-refractivity contribution in [1.29, 1.82) is 0 Å². The highest BCUT2D eigenvalue weighted by Crippen LogP contribution is 2.29. The molecule has 1 fully saturated rings. The molecule has 1 saturated heterocycles. The Balaban J connectivity index is 1.80. The molecule has 1 aromatic carbocycles. The Morgan fingerprint density at radius 2 is 2.05 bits per heavy atom. The van der Waals surface area contributed by atoms with Gasteiger partial charge in [-0.1, -0.05) is 29.3 Å². The molecule has 5 nitrogen and oxygen atoms in total. The molecule has 0 aliphatic carbocycles. The Bertz CT molecular complexity index is 530. The van der Waals surface area contributed by atoms with Crippen LogP contribution in [0.15, 0.2) is 18.2 Å². The predicted octanol–water partition coefficient (Wildman–Crippen LogP) is 2.34. The summed E-state index contributed by atoms with van der Waals surface area (Å²) in [6.45, 7) is 1.48. The van der Waals surface area contributed by atoms with Gasteiger partial charge in [0.2, 0.25) is 5.91 Å². The second-order valence-corrected chi connectivity index (χ2v) is 5.59. The lowest BCUT2D eigenvalue weighted by Crippen LogP contribution is -2.50. The summed E-state index contributed by atoms with van der Waals surface area (Å²) < 4.78 is 0. The molecule has 0 atom stereocenters. The third kappa shape index (κ3) is 3.85. The zero-order valence-corrected chi connectivity index (χ0v) is 12.1. The minimum absolute atomic E-state index is 0.134. The maximum Gasteiger partial charge on any atom is 0.303 e. The number of carboxylic acid groups (broad SMARTS) is 1. The Morgan fingerprint density at radius 3 is 2.70 bits per heavy atom. The highest BCUT2D eigenvalue weighted by atomic mass is 35.5. The number of benzene rings is 1. The van der Waals surface area contributed by atoms with Gasteiger partial charge in [0, 0.05) is 13.1 Å². The second kappa shape index (κ2) is 6.43. The van der Waals surface area contributed by atoms with Crippen molar-refractivity contribution in [2.75, 3.05) is 25.0 Å². The monoisotopic (exact) mass is 316 g/mol. The van der Waals surface area contributed by atoms with Crippen molar-refractivity contribution in [3.63, 3.8) is 0 Å². The van der Waals surface area contributed by atoms with Gasteiger partial charge >= 0.3 is 5.97 Å². The van der Waals surface area contributed by atoms with Crippen molar-refractivity contribution >= 4 is 40.8 Å². The van der Waals surface area contributed by atoms with Crippen LogP contribution in [0.4, 0.5) is 5.69 Å². The first-order valence-electron chi connectivity index (χ1n) is 6.13. The van der Waals surface area contributed by atoms with Gasteiger partial charge in [0.25, 0.3) is 0 Å².